The normalized spacial score (nSPS) is 16.3. The molecule has 0 spiro atoms. The van der Waals surface area contributed by atoms with E-state index < -0.39 is 18.2 Å². The number of ether oxygens (including phenoxy) is 2. The summed E-state index contributed by atoms with van der Waals surface area (Å²) in [6, 6.07) is 16.2. The number of hydrogen-bond acceptors (Lipinski definition) is 6. The first kappa shape index (κ1) is 24.7. The second-order valence-electron chi connectivity index (χ2n) is 8.74. The Morgan fingerprint density at radius 2 is 1.60 bits per heavy atom. The summed E-state index contributed by atoms with van der Waals surface area (Å²) in [5.41, 5.74) is 4.58. The molecule has 1 saturated heterocycles. The van der Waals surface area contributed by atoms with Gasteiger partial charge in [0.2, 0.25) is 0 Å². The van der Waals surface area contributed by atoms with Crippen LogP contribution in [0.25, 0.3) is 11.1 Å². The zero-order valence-electron chi connectivity index (χ0n) is 19.8. The maximum absolute atomic E-state index is 12.9. The van der Waals surface area contributed by atoms with E-state index in [2.05, 4.69) is 29.6 Å². The van der Waals surface area contributed by atoms with Crippen LogP contribution in [-0.4, -0.2) is 92.0 Å². The van der Waals surface area contributed by atoms with Gasteiger partial charge in [0.05, 0.1) is 13.0 Å². The van der Waals surface area contributed by atoms with E-state index >= 15 is 0 Å². The summed E-state index contributed by atoms with van der Waals surface area (Å²) in [7, 11) is 1.44. The molecule has 35 heavy (non-hydrogen) atoms. The standard InChI is InChI=1S/C26H31N3O6/c1-34-23(25(32)29-14-12-28(13-15-29)11-10-24(30)31)16-27-26(33)35-17-22-20-8-4-2-6-18(20)19-7-3-5-9-21(19)22/h2-9,22-23H,10-17H2,1H3,(H,27,33)(H,30,31). The van der Waals surface area contributed by atoms with Crippen molar-refractivity contribution in [1.82, 2.24) is 15.1 Å². The van der Waals surface area contributed by atoms with Crippen LogP contribution < -0.4 is 5.32 Å². The minimum atomic E-state index is -0.831. The van der Waals surface area contributed by atoms with Crippen LogP contribution in [0.2, 0.25) is 0 Å². The van der Waals surface area contributed by atoms with E-state index in [9.17, 15) is 14.4 Å². The predicted octanol–water partition coefficient (Wildman–Crippen LogP) is 2.16. The van der Waals surface area contributed by atoms with Crippen LogP contribution in [0, 0.1) is 0 Å². The maximum Gasteiger partial charge on any atom is 0.407 e. The number of carbonyl (C=O) groups excluding carboxylic acids is 2. The van der Waals surface area contributed by atoms with Gasteiger partial charge in [-0.05, 0) is 22.3 Å². The molecule has 1 unspecified atom stereocenters. The van der Waals surface area contributed by atoms with Gasteiger partial charge in [-0.15, -0.1) is 0 Å². The zero-order chi connectivity index (χ0) is 24.8. The molecule has 9 heteroatoms. The molecular weight excluding hydrogens is 450 g/mol. The number of benzene rings is 2. The molecule has 2 aromatic carbocycles. The number of piperazine rings is 1. The number of nitrogens with one attached hydrogen (secondary N) is 1. The average Bonchev–Trinajstić information content (AvgIpc) is 3.20. The molecule has 0 bridgehead atoms. The number of alkyl carbamates (subject to hydrolysis) is 1. The number of aliphatic carboxylic acids is 1. The Morgan fingerprint density at radius 1 is 1.00 bits per heavy atom. The van der Waals surface area contributed by atoms with Crippen molar-refractivity contribution >= 4 is 18.0 Å². The Hall–Kier alpha value is -3.43. The molecule has 2 N–H and O–H groups in total. The van der Waals surface area contributed by atoms with Gasteiger partial charge < -0.3 is 24.8 Å². The molecule has 1 aliphatic carbocycles. The third kappa shape index (κ3) is 5.80. The highest BCUT2D eigenvalue weighted by atomic mass is 16.5. The van der Waals surface area contributed by atoms with Crippen molar-refractivity contribution in [2.75, 3.05) is 53.0 Å². The lowest BCUT2D eigenvalue weighted by molar-refractivity contribution is -0.144. The van der Waals surface area contributed by atoms with Crippen LogP contribution in [0.5, 0.6) is 0 Å². The fourth-order valence-electron chi connectivity index (χ4n) is 4.75. The van der Waals surface area contributed by atoms with Gasteiger partial charge in [0.25, 0.3) is 5.91 Å². The molecule has 2 aliphatic rings. The van der Waals surface area contributed by atoms with Crippen LogP contribution in [0.15, 0.2) is 48.5 Å². The minimum Gasteiger partial charge on any atom is -0.481 e. The molecule has 2 amide bonds. The summed E-state index contributed by atoms with van der Waals surface area (Å²) < 4.78 is 10.9. The summed E-state index contributed by atoms with van der Waals surface area (Å²) >= 11 is 0. The number of carbonyl (C=O) groups is 3. The van der Waals surface area contributed by atoms with E-state index in [-0.39, 0.29) is 31.4 Å². The third-order valence-electron chi connectivity index (χ3n) is 6.66. The van der Waals surface area contributed by atoms with E-state index in [4.69, 9.17) is 14.6 Å². The van der Waals surface area contributed by atoms with Crippen molar-refractivity contribution in [2.24, 2.45) is 0 Å². The average molecular weight is 482 g/mol. The van der Waals surface area contributed by atoms with Gasteiger partial charge in [-0.3, -0.25) is 14.5 Å². The summed E-state index contributed by atoms with van der Waals surface area (Å²) in [6.07, 6.45) is -1.33. The van der Waals surface area contributed by atoms with E-state index in [1.807, 2.05) is 29.2 Å². The third-order valence-corrected chi connectivity index (χ3v) is 6.66. The van der Waals surface area contributed by atoms with Crippen LogP contribution >= 0.6 is 0 Å². The highest BCUT2D eigenvalue weighted by Crippen LogP contribution is 2.44. The molecule has 1 aliphatic heterocycles. The second kappa shape index (κ2) is 11.3. The molecule has 2 aromatic rings. The van der Waals surface area contributed by atoms with E-state index in [1.54, 1.807) is 4.90 Å². The van der Waals surface area contributed by atoms with Crippen molar-refractivity contribution < 1.29 is 29.0 Å². The van der Waals surface area contributed by atoms with Crippen LogP contribution in [0.4, 0.5) is 4.79 Å². The summed E-state index contributed by atoms with van der Waals surface area (Å²) in [6.45, 7) is 2.86. The van der Waals surface area contributed by atoms with Crippen molar-refractivity contribution in [3.8, 4) is 11.1 Å². The molecular formula is C26H31N3O6. The number of methoxy groups -OCH3 is 1. The Kier molecular flexibility index (Phi) is 7.99. The fourth-order valence-corrected chi connectivity index (χ4v) is 4.75. The van der Waals surface area contributed by atoms with Crippen molar-refractivity contribution in [3.05, 3.63) is 59.7 Å². The molecule has 1 fully saturated rings. The van der Waals surface area contributed by atoms with Crippen LogP contribution in [0.3, 0.4) is 0 Å². The van der Waals surface area contributed by atoms with E-state index in [0.717, 1.165) is 22.3 Å². The minimum absolute atomic E-state index is 0.00519. The molecule has 186 valence electrons. The number of fused-ring (bicyclic) bond motifs is 3. The summed E-state index contributed by atoms with van der Waals surface area (Å²) in [5.74, 6) is -1.07. The highest BCUT2D eigenvalue weighted by molar-refractivity contribution is 5.82. The van der Waals surface area contributed by atoms with Crippen molar-refractivity contribution in [1.29, 1.82) is 0 Å². The topological polar surface area (TPSA) is 108 Å². The Morgan fingerprint density at radius 3 is 2.17 bits per heavy atom. The number of amides is 2. The van der Waals surface area contributed by atoms with Crippen molar-refractivity contribution in [3.63, 3.8) is 0 Å². The number of carboxylic acids is 1. The monoisotopic (exact) mass is 481 g/mol. The quantitative estimate of drug-likeness (QED) is 0.565. The first-order chi connectivity index (χ1) is 17.0. The van der Waals surface area contributed by atoms with Crippen LogP contribution in [0.1, 0.15) is 23.5 Å². The maximum atomic E-state index is 12.9. The van der Waals surface area contributed by atoms with E-state index in [1.165, 1.54) is 7.11 Å². The van der Waals surface area contributed by atoms with Gasteiger partial charge in [-0.2, -0.15) is 0 Å². The lowest BCUT2D eigenvalue weighted by atomic mass is 9.98. The molecule has 0 radical (unpaired) electrons. The second-order valence-corrected chi connectivity index (χ2v) is 8.74. The zero-order valence-corrected chi connectivity index (χ0v) is 19.8. The first-order valence-electron chi connectivity index (χ1n) is 11.8. The van der Waals surface area contributed by atoms with Crippen molar-refractivity contribution in [2.45, 2.75) is 18.4 Å². The molecule has 1 atom stereocenters. The lowest BCUT2D eigenvalue weighted by Crippen LogP contribution is -2.53. The smallest absolute Gasteiger partial charge is 0.407 e. The summed E-state index contributed by atoms with van der Waals surface area (Å²) in [4.78, 5) is 39.8. The molecule has 9 nitrogen and oxygen atoms in total. The molecule has 4 rings (SSSR count). The molecule has 0 saturated carbocycles. The van der Waals surface area contributed by atoms with Gasteiger partial charge in [-0.25, -0.2) is 4.79 Å². The Labute approximate surface area is 204 Å². The highest BCUT2D eigenvalue weighted by Gasteiger charge is 2.30. The molecule has 0 aromatic heterocycles. The fraction of sp³-hybridized carbons (Fsp3) is 0.423. The number of nitrogens with zero attached hydrogens (tertiary/aromatic N) is 2. The first-order valence-corrected chi connectivity index (χ1v) is 11.8. The summed E-state index contributed by atoms with van der Waals surface area (Å²) in [5, 5.41) is 11.5. The van der Waals surface area contributed by atoms with Crippen LogP contribution in [-0.2, 0) is 19.1 Å². The van der Waals surface area contributed by atoms with E-state index in [0.29, 0.717) is 32.7 Å². The van der Waals surface area contributed by atoms with Gasteiger partial charge >= 0.3 is 12.1 Å². The predicted molar refractivity (Wildman–Crippen MR) is 129 cm³/mol. The molecule has 1 heterocycles. The lowest BCUT2D eigenvalue weighted by Gasteiger charge is -2.35. The number of hydrogen-bond donors (Lipinski definition) is 2. The number of carboxylic acid groups (broad SMARTS) is 1. The van der Waals surface area contributed by atoms with Gasteiger partial charge in [0, 0.05) is 45.8 Å². The Bertz CT molecular complexity index is 1020. The Balaban J connectivity index is 1.25. The number of rotatable bonds is 9. The van der Waals surface area contributed by atoms with Gasteiger partial charge in [-0.1, -0.05) is 48.5 Å². The largest absolute Gasteiger partial charge is 0.481 e. The van der Waals surface area contributed by atoms with Gasteiger partial charge in [0.1, 0.15) is 6.61 Å². The SMILES string of the molecule is COC(CNC(=O)OCC1c2ccccc2-c2ccccc21)C(=O)N1CCN(CCC(=O)O)CC1. The van der Waals surface area contributed by atoms with Gasteiger partial charge in [0.15, 0.2) is 6.10 Å².